The molecular formula is C15H14F3N5O2S3. The number of thiocarbonyl (C=S) groups is 1. The highest BCUT2D eigenvalue weighted by molar-refractivity contribution is 8.00. The zero-order chi connectivity index (χ0) is 20.6. The molecule has 2 amide bonds. The Bertz CT molecular complexity index is 831. The molecule has 1 heterocycles. The van der Waals surface area contributed by atoms with Gasteiger partial charge >= 0.3 is 6.18 Å². The molecule has 0 bridgehead atoms. The molecule has 0 atom stereocenters. The smallest absolute Gasteiger partial charge is 0.331 e. The summed E-state index contributed by atoms with van der Waals surface area (Å²) in [6.07, 6.45) is -2.99. The van der Waals surface area contributed by atoms with Crippen molar-refractivity contribution in [3.05, 3.63) is 41.4 Å². The Balaban J connectivity index is 1.70. The van der Waals surface area contributed by atoms with Crippen molar-refractivity contribution in [3.8, 4) is 0 Å². The van der Waals surface area contributed by atoms with Gasteiger partial charge in [-0.25, -0.2) is 4.98 Å². The number of hydrazine groups is 1. The van der Waals surface area contributed by atoms with Crippen LogP contribution in [0.3, 0.4) is 0 Å². The molecule has 7 nitrogen and oxygen atoms in total. The van der Waals surface area contributed by atoms with Crippen LogP contribution in [0.4, 0.5) is 24.0 Å². The Labute approximate surface area is 171 Å². The van der Waals surface area contributed by atoms with Gasteiger partial charge in [0.2, 0.25) is 11.8 Å². The first-order chi connectivity index (χ1) is 13.3. The van der Waals surface area contributed by atoms with Gasteiger partial charge in [-0.2, -0.15) is 13.2 Å². The largest absolute Gasteiger partial charge is 0.418 e. The van der Waals surface area contributed by atoms with Crippen molar-refractivity contribution in [2.75, 3.05) is 22.1 Å². The van der Waals surface area contributed by atoms with Crippen molar-refractivity contribution in [2.24, 2.45) is 0 Å². The lowest BCUT2D eigenvalue weighted by atomic mass is 10.2. The van der Waals surface area contributed by atoms with Crippen LogP contribution >= 0.6 is 35.3 Å². The molecule has 13 heteroatoms. The molecule has 0 aliphatic heterocycles. The molecule has 4 N–H and O–H groups in total. The van der Waals surface area contributed by atoms with Gasteiger partial charge in [0.05, 0.1) is 22.8 Å². The monoisotopic (exact) mass is 449 g/mol. The van der Waals surface area contributed by atoms with Crippen molar-refractivity contribution in [1.29, 1.82) is 0 Å². The third-order valence-corrected chi connectivity index (χ3v) is 4.77. The van der Waals surface area contributed by atoms with Crippen LogP contribution in [-0.4, -0.2) is 33.4 Å². The number of hydrogen-bond donors (Lipinski definition) is 4. The minimum atomic E-state index is -4.54. The van der Waals surface area contributed by atoms with Crippen LogP contribution in [0.1, 0.15) is 5.56 Å². The Morgan fingerprint density at radius 2 is 1.82 bits per heavy atom. The third-order valence-electron chi connectivity index (χ3n) is 2.94. The lowest BCUT2D eigenvalue weighted by Gasteiger charge is -2.16. The Morgan fingerprint density at radius 3 is 2.50 bits per heavy atom. The average Bonchev–Trinajstić information content (AvgIpc) is 3.12. The van der Waals surface area contributed by atoms with E-state index in [2.05, 4.69) is 26.5 Å². The highest BCUT2D eigenvalue weighted by Gasteiger charge is 2.33. The normalized spacial score (nSPS) is 10.8. The van der Waals surface area contributed by atoms with E-state index in [0.29, 0.717) is 5.13 Å². The number of rotatable bonds is 6. The van der Waals surface area contributed by atoms with Crippen LogP contribution in [0.15, 0.2) is 35.8 Å². The lowest BCUT2D eigenvalue weighted by molar-refractivity contribution is -0.137. The summed E-state index contributed by atoms with van der Waals surface area (Å²) in [6, 6.07) is 4.81. The quantitative estimate of drug-likeness (QED) is 0.398. The number of para-hydroxylation sites is 1. The standard InChI is InChI=1S/C15H14F3N5O2S3/c16-15(17,18)9-3-1-2-4-10(9)20-13(26)23-22-12(25)8-27-7-11(24)21-14-19-5-6-28-14/h1-6H,7-8H2,(H,22,25)(H,19,21,24)(H2,20,23,26). The summed E-state index contributed by atoms with van der Waals surface area (Å²) in [6.45, 7) is 0. The van der Waals surface area contributed by atoms with Gasteiger partial charge in [0, 0.05) is 11.6 Å². The maximum Gasteiger partial charge on any atom is 0.418 e. The fraction of sp³-hybridized carbons (Fsp3) is 0.200. The van der Waals surface area contributed by atoms with Crippen LogP contribution < -0.4 is 21.5 Å². The van der Waals surface area contributed by atoms with Gasteiger partial charge in [-0.1, -0.05) is 12.1 Å². The van der Waals surface area contributed by atoms with Crippen molar-refractivity contribution in [2.45, 2.75) is 6.18 Å². The number of thioether (sulfide) groups is 1. The zero-order valence-corrected chi connectivity index (χ0v) is 16.5. The maximum atomic E-state index is 12.9. The van der Waals surface area contributed by atoms with Crippen LogP contribution in [0.5, 0.6) is 0 Å². The molecule has 2 aromatic rings. The summed E-state index contributed by atoms with van der Waals surface area (Å²) in [5, 5.41) is 6.92. The fourth-order valence-corrected chi connectivity index (χ4v) is 3.16. The minimum absolute atomic E-state index is 0.0364. The molecule has 0 aliphatic rings. The molecule has 0 saturated heterocycles. The van der Waals surface area contributed by atoms with E-state index in [1.165, 1.54) is 29.5 Å². The molecule has 0 radical (unpaired) electrons. The molecule has 0 unspecified atom stereocenters. The van der Waals surface area contributed by atoms with Gasteiger partial charge in [-0.05, 0) is 24.4 Å². The van der Waals surface area contributed by atoms with Crippen molar-refractivity contribution < 1.29 is 22.8 Å². The molecule has 0 spiro atoms. The van der Waals surface area contributed by atoms with Crippen LogP contribution in [0, 0.1) is 0 Å². The number of aromatic nitrogens is 1. The summed E-state index contributed by atoms with van der Waals surface area (Å²) in [5.74, 6) is -0.823. The second-order valence-corrected chi connectivity index (χ2v) is 7.34. The Hall–Kier alpha value is -2.38. The number of carbonyl (C=O) groups is 2. The lowest BCUT2D eigenvalue weighted by Crippen LogP contribution is -2.44. The molecule has 150 valence electrons. The highest BCUT2D eigenvalue weighted by Crippen LogP contribution is 2.34. The van der Waals surface area contributed by atoms with Crippen molar-refractivity contribution in [3.63, 3.8) is 0 Å². The van der Waals surface area contributed by atoms with Crippen LogP contribution in [0.25, 0.3) is 0 Å². The summed E-state index contributed by atoms with van der Waals surface area (Å²) < 4.78 is 38.8. The predicted molar refractivity (Wildman–Crippen MR) is 107 cm³/mol. The van der Waals surface area contributed by atoms with Crippen molar-refractivity contribution in [1.82, 2.24) is 15.8 Å². The molecule has 28 heavy (non-hydrogen) atoms. The zero-order valence-electron chi connectivity index (χ0n) is 14.0. The number of nitrogens with one attached hydrogen (secondary N) is 4. The van der Waals surface area contributed by atoms with E-state index in [4.69, 9.17) is 12.2 Å². The van der Waals surface area contributed by atoms with E-state index >= 15 is 0 Å². The highest BCUT2D eigenvalue weighted by atomic mass is 32.2. The second kappa shape index (κ2) is 10.2. The van der Waals surface area contributed by atoms with Crippen molar-refractivity contribution >= 4 is 63.1 Å². The number of carbonyl (C=O) groups excluding carboxylic acids is 2. The first kappa shape index (κ1) is 21.9. The first-order valence-electron chi connectivity index (χ1n) is 7.55. The van der Waals surface area contributed by atoms with Gasteiger partial charge in [-0.3, -0.25) is 20.4 Å². The van der Waals surface area contributed by atoms with E-state index in [9.17, 15) is 22.8 Å². The maximum absolute atomic E-state index is 12.9. The number of amides is 2. The number of alkyl halides is 3. The molecule has 0 aliphatic carbocycles. The molecule has 2 rings (SSSR count). The second-order valence-electron chi connectivity index (χ2n) is 5.05. The van der Waals surface area contributed by atoms with Crippen LogP contribution in [0.2, 0.25) is 0 Å². The summed E-state index contributed by atoms with van der Waals surface area (Å²) >= 11 is 7.20. The summed E-state index contributed by atoms with van der Waals surface area (Å²) in [4.78, 5) is 27.3. The fourth-order valence-electron chi connectivity index (χ4n) is 1.83. The number of anilines is 2. The Morgan fingerprint density at radius 1 is 1.11 bits per heavy atom. The van der Waals surface area contributed by atoms with E-state index in [1.807, 2.05) is 0 Å². The van der Waals surface area contributed by atoms with Gasteiger partial charge in [0.1, 0.15) is 0 Å². The van der Waals surface area contributed by atoms with E-state index < -0.39 is 17.6 Å². The first-order valence-corrected chi connectivity index (χ1v) is 9.99. The molecule has 1 aromatic carbocycles. The third kappa shape index (κ3) is 7.32. The van der Waals surface area contributed by atoms with Gasteiger partial charge in [0.25, 0.3) is 0 Å². The average molecular weight is 450 g/mol. The number of benzene rings is 1. The number of thiazole rings is 1. The van der Waals surface area contributed by atoms with Gasteiger partial charge in [-0.15, -0.1) is 23.1 Å². The van der Waals surface area contributed by atoms with E-state index in [1.54, 1.807) is 11.6 Å². The topological polar surface area (TPSA) is 95.2 Å². The number of halogens is 3. The summed E-state index contributed by atoms with van der Waals surface area (Å²) in [5.41, 5.74) is 3.44. The SMILES string of the molecule is O=C(CSCC(=O)Nc1nccs1)NNC(=S)Nc1ccccc1C(F)(F)F. The number of hydrogen-bond acceptors (Lipinski definition) is 6. The summed E-state index contributed by atoms with van der Waals surface area (Å²) in [7, 11) is 0. The Kier molecular flexibility index (Phi) is 8.02. The predicted octanol–water partition coefficient (Wildman–Crippen LogP) is 2.85. The van der Waals surface area contributed by atoms with Gasteiger partial charge in [0.15, 0.2) is 10.2 Å². The van der Waals surface area contributed by atoms with Crippen LogP contribution in [-0.2, 0) is 15.8 Å². The molecular weight excluding hydrogens is 435 g/mol. The molecule has 0 saturated carbocycles. The van der Waals surface area contributed by atoms with E-state index in [0.717, 1.165) is 17.8 Å². The van der Waals surface area contributed by atoms with E-state index in [-0.39, 0.29) is 28.2 Å². The minimum Gasteiger partial charge on any atom is -0.331 e. The number of nitrogens with zero attached hydrogens (tertiary/aromatic N) is 1. The molecule has 0 fully saturated rings. The van der Waals surface area contributed by atoms with Gasteiger partial charge < -0.3 is 10.6 Å². The molecule has 1 aromatic heterocycles.